The Kier molecular flexibility index (Phi) is 11.5. The standard InChI is InChI=1S/C50H49ClN8O6S2/c1-26-11-12-32(17-36(26)25-58-24-27(2)65-43-9-7-8-10-44(43)67(58,63)64)38(22-45(61)62)34-20-39(48-40(21-34)54-56-57(48)6)33-18-35(19-33)42(60)23-41-49-55-53-30(5)59(49)50-46(28(3)29(4)66-50)47(52-41)31-13-15-37(51)16-14-31/h7-17,20-21,27,33,35,38,41H,18-19,22-25H2,1-6H3,(H,61,62). The molecule has 0 amide bonds. The van der Waals surface area contributed by atoms with Crippen LogP contribution in [0, 0.1) is 33.6 Å². The number of ether oxygens (including phenoxy) is 1. The Hall–Kier alpha value is -6.07. The summed E-state index contributed by atoms with van der Waals surface area (Å²) < 4.78 is 39.3. The summed E-state index contributed by atoms with van der Waals surface area (Å²) in [5, 5.41) is 29.9. The number of aliphatic carboxylic acids is 1. The predicted octanol–water partition coefficient (Wildman–Crippen LogP) is 9.12. The zero-order chi connectivity index (χ0) is 47.1. The molecular weight excluding hydrogens is 908 g/mol. The van der Waals surface area contributed by atoms with Crippen LogP contribution in [0.1, 0.15) is 112 Å². The van der Waals surface area contributed by atoms with Gasteiger partial charge in [-0.05, 0) is 117 Å². The lowest BCUT2D eigenvalue weighted by molar-refractivity contribution is -0.137. The molecule has 0 bridgehead atoms. The molecule has 344 valence electrons. The molecule has 14 nitrogen and oxygen atoms in total. The van der Waals surface area contributed by atoms with Crippen molar-refractivity contribution < 1.29 is 27.9 Å². The number of carboxylic acid groups (broad SMARTS) is 1. The van der Waals surface area contributed by atoms with Gasteiger partial charge in [-0.2, -0.15) is 4.31 Å². The zero-order valence-corrected chi connectivity index (χ0v) is 40.3. The fourth-order valence-electron chi connectivity index (χ4n) is 9.95. The third-order valence-electron chi connectivity index (χ3n) is 13.7. The molecule has 2 aliphatic heterocycles. The lowest BCUT2D eigenvalue weighted by Crippen LogP contribution is -2.35. The number of thiophene rings is 1. The molecule has 1 aliphatic carbocycles. The van der Waals surface area contributed by atoms with Crippen LogP contribution in [0.3, 0.4) is 0 Å². The molecule has 0 spiro atoms. The Morgan fingerprint density at radius 2 is 1.72 bits per heavy atom. The average Bonchev–Trinajstić information content (AvgIpc) is 3.89. The van der Waals surface area contributed by atoms with Crippen LogP contribution >= 0.6 is 22.9 Å². The number of para-hydroxylation sites is 1. The van der Waals surface area contributed by atoms with Gasteiger partial charge in [-0.1, -0.05) is 65.3 Å². The van der Waals surface area contributed by atoms with Gasteiger partial charge in [0.25, 0.3) is 0 Å². The number of aliphatic imine (C=N–C) groups is 1. The molecule has 7 aromatic rings. The first kappa shape index (κ1) is 44.7. The summed E-state index contributed by atoms with van der Waals surface area (Å²) in [6.45, 7) is 10.1. The second-order valence-electron chi connectivity index (χ2n) is 18.1. The normalized spacial score (nSPS) is 20.4. The third-order valence-corrected chi connectivity index (χ3v) is 17.0. The number of fused-ring (bicyclic) bond motifs is 5. The number of carbonyl (C=O) groups is 2. The van der Waals surface area contributed by atoms with Gasteiger partial charge in [0.05, 0.1) is 24.2 Å². The van der Waals surface area contributed by atoms with Crippen molar-refractivity contribution in [3.63, 3.8) is 0 Å². The largest absolute Gasteiger partial charge is 0.488 e. The van der Waals surface area contributed by atoms with Crippen molar-refractivity contribution in [2.24, 2.45) is 18.0 Å². The Balaban J connectivity index is 0.942. The van der Waals surface area contributed by atoms with Gasteiger partial charge < -0.3 is 9.84 Å². The van der Waals surface area contributed by atoms with Crippen molar-refractivity contribution in [1.82, 2.24) is 34.1 Å². The van der Waals surface area contributed by atoms with Gasteiger partial charge in [0.2, 0.25) is 10.0 Å². The van der Waals surface area contributed by atoms with Crippen molar-refractivity contribution in [2.75, 3.05) is 6.54 Å². The summed E-state index contributed by atoms with van der Waals surface area (Å²) in [5.74, 6) is -0.0510. The van der Waals surface area contributed by atoms with Gasteiger partial charge in [-0.3, -0.25) is 19.1 Å². The number of hydrogen-bond acceptors (Lipinski definition) is 11. The van der Waals surface area contributed by atoms with E-state index < -0.39 is 34.1 Å². The number of benzene rings is 4. The lowest BCUT2D eigenvalue weighted by Gasteiger charge is -2.36. The molecule has 0 saturated heterocycles. The van der Waals surface area contributed by atoms with Gasteiger partial charge in [0.15, 0.2) is 5.82 Å². The summed E-state index contributed by atoms with van der Waals surface area (Å²) in [7, 11) is -2.07. The topological polar surface area (TPSA) is 175 Å². The van der Waals surface area contributed by atoms with E-state index in [2.05, 4.69) is 45.0 Å². The molecule has 1 saturated carbocycles. The zero-order valence-electron chi connectivity index (χ0n) is 37.9. The quantitative estimate of drug-likeness (QED) is 0.132. The smallest absolute Gasteiger partial charge is 0.304 e. The molecule has 3 unspecified atom stereocenters. The number of hydrogen-bond donors (Lipinski definition) is 1. The molecule has 5 heterocycles. The van der Waals surface area contributed by atoms with Gasteiger partial charge in [-0.25, -0.2) is 13.1 Å². The summed E-state index contributed by atoms with van der Waals surface area (Å²) in [6, 6.07) is 23.4. The van der Waals surface area contributed by atoms with Crippen LogP contribution in [0.4, 0.5) is 0 Å². The van der Waals surface area contributed by atoms with Gasteiger partial charge in [-0.15, -0.1) is 26.6 Å². The van der Waals surface area contributed by atoms with E-state index >= 15 is 0 Å². The number of aryl methyl sites for hydroxylation is 4. The predicted molar refractivity (Wildman–Crippen MR) is 256 cm³/mol. The SMILES string of the molecule is Cc1ccc(C(CC(=O)O)c2cc(C3CC(C(=O)CC4N=C(c5ccc(Cl)cc5)c5c(sc(C)c5C)-n5c(C)nnc54)C3)c3c(c2)nnn3C)cc1CN1CC(C)Oc2ccccc2S1(=O)=O. The molecule has 1 fully saturated rings. The van der Waals surface area contributed by atoms with E-state index in [1.165, 1.54) is 9.18 Å². The minimum atomic E-state index is -3.91. The highest BCUT2D eigenvalue weighted by atomic mass is 35.5. The molecule has 3 atom stereocenters. The highest BCUT2D eigenvalue weighted by Crippen LogP contribution is 2.48. The van der Waals surface area contributed by atoms with E-state index in [-0.39, 0.29) is 48.4 Å². The fourth-order valence-corrected chi connectivity index (χ4v) is 12.9. The van der Waals surface area contributed by atoms with E-state index in [1.54, 1.807) is 40.3 Å². The molecule has 10 rings (SSSR count). The molecule has 3 aliphatic rings. The van der Waals surface area contributed by atoms with Crippen LogP contribution in [-0.2, 0) is 33.2 Å². The van der Waals surface area contributed by atoms with Crippen molar-refractivity contribution in [1.29, 1.82) is 0 Å². The Labute approximate surface area is 397 Å². The highest BCUT2D eigenvalue weighted by molar-refractivity contribution is 7.89. The molecule has 3 aromatic heterocycles. The van der Waals surface area contributed by atoms with Crippen molar-refractivity contribution in [3.8, 4) is 10.8 Å². The van der Waals surface area contributed by atoms with Crippen LogP contribution in [-0.4, -0.2) is 77.7 Å². The molecule has 17 heteroatoms. The Morgan fingerprint density at radius 3 is 2.48 bits per heavy atom. The van der Waals surface area contributed by atoms with Gasteiger partial charge in [0.1, 0.15) is 44.9 Å². The summed E-state index contributed by atoms with van der Waals surface area (Å²) in [6.07, 6.45) is 0.723. The fraction of sp³-hybridized carbons (Fsp3) is 0.340. The Bertz CT molecular complexity index is 3280. The van der Waals surface area contributed by atoms with E-state index in [1.807, 2.05) is 76.3 Å². The van der Waals surface area contributed by atoms with E-state index in [9.17, 15) is 23.1 Å². The number of sulfonamides is 1. The summed E-state index contributed by atoms with van der Waals surface area (Å²) >= 11 is 7.99. The molecule has 4 aromatic carbocycles. The second-order valence-corrected chi connectivity index (χ2v) is 21.7. The molecule has 1 N–H and O–H groups in total. The molecule has 67 heavy (non-hydrogen) atoms. The van der Waals surface area contributed by atoms with E-state index in [0.29, 0.717) is 35.0 Å². The number of nitrogens with zero attached hydrogens (tertiary/aromatic N) is 8. The number of aromatic nitrogens is 6. The van der Waals surface area contributed by atoms with Crippen LogP contribution in [0.25, 0.3) is 16.0 Å². The monoisotopic (exact) mass is 956 g/mol. The third kappa shape index (κ3) is 8.06. The van der Waals surface area contributed by atoms with Gasteiger partial charge in [0, 0.05) is 52.9 Å². The first-order valence-corrected chi connectivity index (χ1v) is 25.0. The number of rotatable bonds is 11. The van der Waals surface area contributed by atoms with Crippen molar-refractivity contribution in [2.45, 2.75) is 95.7 Å². The summed E-state index contributed by atoms with van der Waals surface area (Å²) in [4.78, 5) is 33.7. The van der Waals surface area contributed by atoms with E-state index in [0.717, 1.165) is 66.6 Å². The molecule has 0 radical (unpaired) electrons. The number of carbonyl (C=O) groups excluding carboxylic acids is 1. The average molecular weight is 958 g/mol. The van der Waals surface area contributed by atoms with Crippen LogP contribution in [0.15, 0.2) is 88.8 Å². The highest BCUT2D eigenvalue weighted by Gasteiger charge is 2.40. The first-order chi connectivity index (χ1) is 32.0. The number of Topliss-reactive ketones (excluding diaryl/α,β-unsaturated/α-hetero) is 1. The second kappa shape index (κ2) is 17.2. The number of halogens is 1. The Morgan fingerprint density at radius 1 is 0.955 bits per heavy atom. The minimum Gasteiger partial charge on any atom is -0.488 e. The van der Waals surface area contributed by atoms with Gasteiger partial charge >= 0.3 is 5.97 Å². The van der Waals surface area contributed by atoms with Crippen molar-refractivity contribution in [3.05, 3.63) is 145 Å². The number of carboxylic acids is 1. The molecular formula is C50H49ClN8O6S2. The minimum absolute atomic E-state index is 0.0150. The first-order valence-electron chi connectivity index (χ1n) is 22.3. The maximum atomic E-state index is 14.4. The summed E-state index contributed by atoms with van der Waals surface area (Å²) in [5.41, 5.74) is 9.37. The van der Waals surface area contributed by atoms with Crippen LogP contribution in [0.5, 0.6) is 5.75 Å². The maximum absolute atomic E-state index is 14.4. The lowest BCUT2D eigenvalue weighted by atomic mass is 9.68. The van der Waals surface area contributed by atoms with Crippen LogP contribution < -0.4 is 4.74 Å². The van der Waals surface area contributed by atoms with Crippen LogP contribution in [0.2, 0.25) is 5.02 Å². The maximum Gasteiger partial charge on any atom is 0.304 e. The van der Waals surface area contributed by atoms with E-state index in [4.69, 9.17) is 21.3 Å². The number of ketones is 1. The van der Waals surface area contributed by atoms with Crippen molar-refractivity contribution >= 4 is 61.5 Å².